The maximum Gasteiger partial charge on any atom is 0.261 e. The van der Waals surface area contributed by atoms with E-state index in [1.54, 1.807) is 24.4 Å². The van der Waals surface area contributed by atoms with Gasteiger partial charge in [0, 0.05) is 17.8 Å². The van der Waals surface area contributed by atoms with Crippen molar-refractivity contribution in [2.24, 2.45) is 10.7 Å². The molecule has 2 fully saturated rings. The summed E-state index contributed by atoms with van der Waals surface area (Å²) in [5, 5.41) is 14.6. The molecular weight excluding hydrogens is 452 g/mol. The van der Waals surface area contributed by atoms with Crippen molar-refractivity contribution in [2.45, 2.75) is 86.0 Å². The van der Waals surface area contributed by atoms with E-state index >= 15 is 0 Å². The average Bonchev–Trinajstić information content (AvgIpc) is 2.98. The van der Waals surface area contributed by atoms with Crippen LogP contribution in [-0.4, -0.2) is 35.1 Å². The van der Waals surface area contributed by atoms with Crippen LogP contribution in [0.2, 0.25) is 0 Å². The third-order valence-corrected chi connectivity index (χ3v) is 10.4. The number of hydrogen-bond acceptors (Lipinski definition) is 6. The molecule has 1 aromatic heterocycles. The molecule has 2 aliphatic carbocycles. The highest BCUT2D eigenvalue weighted by molar-refractivity contribution is 7.93. The van der Waals surface area contributed by atoms with Gasteiger partial charge in [0.1, 0.15) is 22.3 Å². The van der Waals surface area contributed by atoms with E-state index in [0.717, 1.165) is 44.9 Å². The van der Waals surface area contributed by atoms with Crippen LogP contribution in [0.4, 0.5) is 11.4 Å². The number of anilines is 1. The molecule has 5 rings (SSSR count). The number of nitrogens with one attached hydrogen (secondary N) is 2. The van der Waals surface area contributed by atoms with Gasteiger partial charge in [-0.3, -0.25) is 4.79 Å². The molecule has 9 heteroatoms. The van der Waals surface area contributed by atoms with Gasteiger partial charge in [0.25, 0.3) is 5.56 Å². The van der Waals surface area contributed by atoms with Crippen LogP contribution in [0.3, 0.4) is 0 Å². The third kappa shape index (κ3) is 3.75. The molecule has 0 radical (unpaired) electrons. The second-order valence-corrected chi connectivity index (χ2v) is 12.1. The lowest BCUT2D eigenvalue weighted by molar-refractivity contribution is 0.107. The number of hydrogen-bond donors (Lipinski definition) is 4. The van der Waals surface area contributed by atoms with Crippen molar-refractivity contribution in [1.29, 1.82) is 0 Å². The van der Waals surface area contributed by atoms with Crippen LogP contribution in [0.5, 0.6) is 0 Å². The molecule has 0 bridgehead atoms. The molecule has 1 atom stereocenters. The Morgan fingerprint density at radius 3 is 2.53 bits per heavy atom. The maximum atomic E-state index is 13.3. The van der Waals surface area contributed by atoms with Gasteiger partial charge in [-0.05, 0) is 49.9 Å². The van der Waals surface area contributed by atoms with Crippen LogP contribution in [0.25, 0.3) is 0 Å². The standard InChI is InChI=1S/C25H32N4O4S/c26-23(21-19(11-14-27-24(21)31)28-16-7-3-1-4-8-16)29-17-9-10-20-18(15-17)22(30)25(34(20,32)33)12-5-2-6-13-25/h9-11,14-16,22,30H,1-8,12-13H2,(H2,26,29)(H2,27,28,31). The zero-order valence-corrected chi connectivity index (χ0v) is 20.0. The second-order valence-electron chi connectivity index (χ2n) is 9.83. The Labute approximate surface area is 199 Å². The molecule has 1 spiro atoms. The molecule has 8 nitrogen and oxygen atoms in total. The Hall–Kier alpha value is -2.65. The van der Waals surface area contributed by atoms with Gasteiger partial charge in [0.05, 0.1) is 16.3 Å². The van der Waals surface area contributed by atoms with Crippen molar-refractivity contribution in [2.75, 3.05) is 5.32 Å². The third-order valence-electron chi connectivity index (χ3n) is 7.74. The molecule has 2 heterocycles. The van der Waals surface area contributed by atoms with Gasteiger partial charge < -0.3 is 21.1 Å². The van der Waals surface area contributed by atoms with Gasteiger partial charge >= 0.3 is 0 Å². The van der Waals surface area contributed by atoms with Crippen LogP contribution in [0.1, 0.15) is 81.4 Å². The fraction of sp³-hybridized carbons (Fsp3) is 0.520. The number of nitrogens with zero attached hydrogens (tertiary/aromatic N) is 1. The largest absolute Gasteiger partial charge is 0.387 e. The summed E-state index contributed by atoms with van der Waals surface area (Å²) in [6.07, 6.45) is 9.60. The monoisotopic (exact) mass is 484 g/mol. The lowest BCUT2D eigenvalue weighted by atomic mass is 9.82. The SMILES string of the molecule is NC(=Nc1ccc2c(c1)C(O)C1(CCCCC1)S2(=O)=O)c1c(NC2CCCCC2)cc[nH]c1=O. The first-order valence-electron chi connectivity index (χ1n) is 12.2. The Morgan fingerprint density at radius 2 is 1.79 bits per heavy atom. The molecule has 0 saturated heterocycles. The van der Waals surface area contributed by atoms with Crippen LogP contribution in [0.15, 0.2) is 45.1 Å². The summed E-state index contributed by atoms with van der Waals surface area (Å²) in [7, 11) is -3.64. The van der Waals surface area contributed by atoms with Crippen molar-refractivity contribution >= 4 is 27.0 Å². The highest BCUT2D eigenvalue weighted by Gasteiger charge is 2.57. The number of aliphatic imine (C=N–C) groups is 1. The van der Waals surface area contributed by atoms with E-state index in [1.807, 2.05) is 0 Å². The molecular formula is C25H32N4O4S. The van der Waals surface area contributed by atoms with Gasteiger partial charge in [0.15, 0.2) is 9.84 Å². The highest BCUT2D eigenvalue weighted by Crippen LogP contribution is 2.54. The number of nitrogens with two attached hydrogens (primary N) is 1. The van der Waals surface area contributed by atoms with E-state index in [4.69, 9.17) is 5.73 Å². The fourth-order valence-electron chi connectivity index (χ4n) is 5.92. The van der Waals surface area contributed by atoms with Gasteiger partial charge in [-0.25, -0.2) is 13.4 Å². The number of sulfone groups is 1. The zero-order valence-electron chi connectivity index (χ0n) is 19.2. The Bertz CT molecular complexity index is 1270. The molecule has 5 N–H and O–H groups in total. The number of fused-ring (bicyclic) bond motifs is 1. The van der Waals surface area contributed by atoms with Crippen molar-refractivity contribution in [1.82, 2.24) is 4.98 Å². The Morgan fingerprint density at radius 1 is 1.09 bits per heavy atom. The van der Waals surface area contributed by atoms with Crippen LogP contribution < -0.4 is 16.6 Å². The van der Waals surface area contributed by atoms with E-state index in [9.17, 15) is 18.3 Å². The van der Waals surface area contributed by atoms with Crippen molar-refractivity contribution in [3.63, 3.8) is 0 Å². The smallest absolute Gasteiger partial charge is 0.261 e. The summed E-state index contributed by atoms with van der Waals surface area (Å²) < 4.78 is 25.5. The molecule has 0 amide bonds. The minimum Gasteiger partial charge on any atom is -0.387 e. The average molecular weight is 485 g/mol. The quantitative estimate of drug-likeness (QED) is 0.386. The first-order valence-corrected chi connectivity index (χ1v) is 13.7. The predicted octanol–water partition coefficient (Wildman–Crippen LogP) is 3.68. The molecule has 182 valence electrons. The van der Waals surface area contributed by atoms with Gasteiger partial charge in [0.2, 0.25) is 0 Å². The number of rotatable bonds is 4. The molecule has 1 aliphatic heterocycles. The van der Waals surface area contributed by atoms with Gasteiger partial charge in [-0.2, -0.15) is 0 Å². The van der Waals surface area contributed by atoms with E-state index in [0.29, 0.717) is 29.8 Å². The maximum absolute atomic E-state index is 13.3. The van der Waals surface area contributed by atoms with E-state index in [-0.39, 0.29) is 27.9 Å². The topological polar surface area (TPSA) is 138 Å². The summed E-state index contributed by atoms with van der Waals surface area (Å²) >= 11 is 0. The van der Waals surface area contributed by atoms with Gasteiger partial charge in [-0.15, -0.1) is 0 Å². The summed E-state index contributed by atoms with van der Waals surface area (Å²) in [6, 6.07) is 6.77. The molecule has 2 aromatic rings. The Balaban J connectivity index is 1.49. The number of aliphatic hydroxyl groups excluding tert-OH is 1. The molecule has 1 aromatic carbocycles. The number of amidine groups is 1. The summed E-state index contributed by atoms with van der Waals surface area (Å²) in [4.78, 5) is 20.0. The molecule has 3 aliphatic rings. The summed E-state index contributed by atoms with van der Waals surface area (Å²) in [5.41, 5.74) is 7.66. The summed E-state index contributed by atoms with van der Waals surface area (Å²) in [5.74, 6) is 0.0443. The van der Waals surface area contributed by atoms with E-state index in [2.05, 4.69) is 15.3 Å². The minimum absolute atomic E-state index is 0.0443. The Kier molecular flexibility index (Phi) is 6.02. The van der Waals surface area contributed by atoms with Crippen LogP contribution in [-0.2, 0) is 9.84 Å². The van der Waals surface area contributed by atoms with Crippen molar-refractivity contribution < 1.29 is 13.5 Å². The highest BCUT2D eigenvalue weighted by atomic mass is 32.2. The zero-order chi connectivity index (χ0) is 23.9. The van der Waals surface area contributed by atoms with Crippen LogP contribution in [0, 0.1) is 0 Å². The second kappa shape index (κ2) is 8.85. The van der Waals surface area contributed by atoms with Crippen LogP contribution >= 0.6 is 0 Å². The molecule has 1 unspecified atom stereocenters. The number of aromatic amines is 1. The summed E-state index contributed by atoms with van der Waals surface area (Å²) in [6.45, 7) is 0. The molecule has 2 saturated carbocycles. The predicted molar refractivity (Wildman–Crippen MR) is 132 cm³/mol. The number of aromatic nitrogens is 1. The van der Waals surface area contributed by atoms with Crippen molar-refractivity contribution in [3.8, 4) is 0 Å². The number of aliphatic hydroxyl groups is 1. The molecule has 34 heavy (non-hydrogen) atoms. The fourth-order valence-corrected chi connectivity index (χ4v) is 8.33. The first kappa shape index (κ1) is 23.1. The van der Waals surface area contributed by atoms with Crippen molar-refractivity contribution in [3.05, 3.63) is 51.9 Å². The first-order chi connectivity index (χ1) is 16.3. The number of H-pyrrole nitrogens is 1. The van der Waals surface area contributed by atoms with Gasteiger partial charge in [-0.1, -0.05) is 38.5 Å². The number of benzene rings is 1. The normalized spacial score (nSPS) is 24.1. The van der Waals surface area contributed by atoms with E-state index in [1.165, 1.54) is 12.5 Å². The minimum atomic E-state index is -3.64. The number of pyridine rings is 1. The lowest BCUT2D eigenvalue weighted by Crippen LogP contribution is -2.41. The van der Waals surface area contributed by atoms with E-state index < -0.39 is 20.7 Å². The lowest BCUT2D eigenvalue weighted by Gasteiger charge is -2.35.